The van der Waals surface area contributed by atoms with Crippen LogP contribution in [0.2, 0.25) is 0 Å². The van der Waals surface area contributed by atoms with Gasteiger partial charge in [0.2, 0.25) is 0 Å². The molecular formula is C26H33N5O2S. The molecule has 2 saturated heterocycles. The predicted octanol–water partition coefficient (Wildman–Crippen LogP) is 3.43. The van der Waals surface area contributed by atoms with E-state index >= 15 is 0 Å². The average Bonchev–Trinajstić information content (AvgIpc) is 3.28. The number of morpholine rings is 1. The fourth-order valence-corrected chi connectivity index (χ4v) is 5.62. The summed E-state index contributed by atoms with van der Waals surface area (Å²) in [4.78, 5) is 22.2. The standard InChI is InChI=1S/C26H33N5O2S/c32-25(27-10-13-30-14-16-33-17-15-30)21-6-7-23-24(18-21)34-26(29-23)28-22-8-11-31(12-9-22)19-20-4-2-1-3-5-20/h1-7,18,22H,8-17,19H2,(H,27,32)(H,28,29). The SMILES string of the molecule is O=C(NCCN1CCOCC1)c1ccc2nc(NC3CCN(Cc4ccccc4)CC3)sc2c1. The van der Waals surface area contributed by atoms with Gasteiger partial charge in [-0.1, -0.05) is 41.7 Å². The molecule has 0 atom stereocenters. The first-order valence-electron chi connectivity index (χ1n) is 12.2. The lowest BCUT2D eigenvalue weighted by atomic mass is 10.0. The molecule has 3 aromatic rings. The Morgan fingerprint density at radius 3 is 2.62 bits per heavy atom. The highest BCUT2D eigenvalue weighted by atomic mass is 32.1. The minimum atomic E-state index is -0.0242. The number of likely N-dealkylation sites (tertiary alicyclic amines) is 1. The van der Waals surface area contributed by atoms with Gasteiger partial charge in [0.25, 0.3) is 5.91 Å². The van der Waals surface area contributed by atoms with Crippen molar-refractivity contribution in [3.8, 4) is 0 Å². The smallest absolute Gasteiger partial charge is 0.251 e. The van der Waals surface area contributed by atoms with Crippen LogP contribution in [0.3, 0.4) is 0 Å². The Morgan fingerprint density at radius 1 is 1.03 bits per heavy atom. The number of thiazole rings is 1. The van der Waals surface area contributed by atoms with E-state index in [9.17, 15) is 4.79 Å². The van der Waals surface area contributed by atoms with Gasteiger partial charge in [-0.15, -0.1) is 0 Å². The summed E-state index contributed by atoms with van der Waals surface area (Å²) in [6.07, 6.45) is 2.22. The van der Waals surface area contributed by atoms with Crippen LogP contribution in [0.25, 0.3) is 10.2 Å². The van der Waals surface area contributed by atoms with Crippen LogP contribution in [0.4, 0.5) is 5.13 Å². The van der Waals surface area contributed by atoms with E-state index in [2.05, 4.69) is 50.8 Å². The number of piperidine rings is 1. The van der Waals surface area contributed by atoms with Gasteiger partial charge in [0.15, 0.2) is 5.13 Å². The first-order valence-corrected chi connectivity index (χ1v) is 13.1. The first kappa shape index (κ1) is 23.2. The second-order valence-corrected chi connectivity index (χ2v) is 10.1. The maximum absolute atomic E-state index is 12.6. The number of aromatic nitrogens is 1. The number of hydrogen-bond donors (Lipinski definition) is 2. The first-order chi connectivity index (χ1) is 16.7. The zero-order valence-corrected chi connectivity index (χ0v) is 20.4. The largest absolute Gasteiger partial charge is 0.379 e. The highest BCUT2D eigenvalue weighted by Crippen LogP contribution is 2.28. The van der Waals surface area contributed by atoms with Gasteiger partial charge in [-0.3, -0.25) is 14.6 Å². The predicted molar refractivity (Wildman–Crippen MR) is 138 cm³/mol. The Kier molecular flexibility index (Phi) is 7.70. The average molecular weight is 480 g/mol. The number of ether oxygens (including phenoxy) is 1. The number of hydrogen-bond acceptors (Lipinski definition) is 7. The molecule has 34 heavy (non-hydrogen) atoms. The molecule has 3 heterocycles. The molecule has 0 unspecified atom stereocenters. The highest BCUT2D eigenvalue weighted by molar-refractivity contribution is 7.22. The number of benzene rings is 2. The minimum absolute atomic E-state index is 0.0242. The van der Waals surface area contributed by atoms with E-state index in [-0.39, 0.29) is 5.91 Å². The molecule has 0 spiro atoms. The second-order valence-electron chi connectivity index (χ2n) is 9.09. The number of fused-ring (bicyclic) bond motifs is 1. The quantitative estimate of drug-likeness (QED) is 0.516. The third-order valence-electron chi connectivity index (χ3n) is 6.63. The molecule has 1 aromatic heterocycles. The van der Waals surface area contributed by atoms with Crippen molar-refractivity contribution < 1.29 is 9.53 Å². The summed E-state index contributed by atoms with van der Waals surface area (Å²) >= 11 is 1.63. The Bertz CT molecular complexity index is 1080. The van der Waals surface area contributed by atoms with Crippen molar-refractivity contribution in [1.29, 1.82) is 0 Å². The lowest BCUT2D eigenvalue weighted by molar-refractivity contribution is 0.0383. The number of carbonyl (C=O) groups is 1. The van der Waals surface area contributed by atoms with Gasteiger partial charge in [-0.05, 0) is 36.6 Å². The number of amides is 1. The van der Waals surface area contributed by atoms with E-state index in [1.807, 2.05) is 18.2 Å². The van der Waals surface area contributed by atoms with Crippen molar-refractivity contribution >= 4 is 32.6 Å². The van der Waals surface area contributed by atoms with Crippen LogP contribution in [0.15, 0.2) is 48.5 Å². The van der Waals surface area contributed by atoms with Crippen molar-refractivity contribution in [1.82, 2.24) is 20.1 Å². The zero-order chi connectivity index (χ0) is 23.2. The fourth-order valence-electron chi connectivity index (χ4n) is 4.63. The maximum atomic E-state index is 12.6. The molecule has 0 radical (unpaired) electrons. The lowest BCUT2D eigenvalue weighted by Gasteiger charge is -2.32. The van der Waals surface area contributed by atoms with Gasteiger partial charge >= 0.3 is 0 Å². The molecule has 2 aliphatic heterocycles. The Balaban J connectivity index is 1.11. The summed E-state index contributed by atoms with van der Waals surface area (Å²) in [6.45, 7) is 8.13. The summed E-state index contributed by atoms with van der Waals surface area (Å²) in [6, 6.07) is 16.9. The van der Waals surface area contributed by atoms with Crippen LogP contribution in [-0.2, 0) is 11.3 Å². The maximum Gasteiger partial charge on any atom is 0.251 e. The molecule has 2 aromatic carbocycles. The van der Waals surface area contributed by atoms with Crippen molar-refractivity contribution in [2.75, 3.05) is 57.8 Å². The number of anilines is 1. The van der Waals surface area contributed by atoms with Crippen LogP contribution in [0.5, 0.6) is 0 Å². The Hall–Kier alpha value is -2.52. The molecule has 180 valence electrons. The van der Waals surface area contributed by atoms with Crippen LogP contribution >= 0.6 is 11.3 Å². The van der Waals surface area contributed by atoms with Gasteiger partial charge in [-0.25, -0.2) is 4.98 Å². The van der Waals surface area contributed by atoms with Crippen molar-refractivity contribution in [2.24, 2.45) is 0 Å². The van der Waals surface area contributed by atoms with E-state index in [1.54, 1.807) is 11.3 Å². The van der Waals surface area contributed by atoms with E-state index in [1.165, 1.54) is 5.56 Å². The number of nitrogens with one attached hydrogen (secondary N) is 2. The molecular weight excluding hydrogens is 446 g/mol. The number of rotatable bonds is 8. The molecule has 1 amide bonds. The molecule has 2 aliphatic rings. The van der Waals surface area contributed by atoms with E-state index in [0.29, 0.717) is 18.2 Å². The topological polar surface area (TPSA) is 69.7 Å². The van der Waals surface area contributed by atoms with Crippen LogP contribution in [0.1, 0.15) is 28.8 Å². The molecule has 8 heteroatoms. The normalized spacial score (nSPS) is 18.2. The van der Waals surface area contributed by atoms with Gasteiger partial charge in [0, 0.05) is 57.4 Å². The fraction of sp³-hybridized carbons (Fsp3) is 0.462. The van der Waals surface area contributed by atoms with Crippen LogP contribution in [-0.4, -0.2) is 79.2 Å². The van der Waals surface area contributed by atoms with Crippen LogP contribution < -0.4 is 10.6 Å². The van der Waals surface area contributed by atoms with Crippen molar-refractivity contribution in [3.63, 3.8) is 0 Å². The Morgan fingerprint density at radius 2 is 1.82 bits per heavy atom. The van der Waals surface area contributed by atoms with Gasteiger partial charge in [0.1, 0.15) is 0 Å². The van der Waals surface area contributed by atoms with E-state index < -0.39 is 0 Å². The summed E-state index contributed by atoms with van der Waals surface area (Å²) in [5.41, 5.74) is 3.01. The molecule has 0 bridgehead atoms. The molecule has 7 nitrogen and oxygen atoms in total. The van der Waals surface area contributed by atoms with E-state index in [4.69, 9.17) is 9.72 Å². The van der Waals surface area contributed by atoms with Gasteiger partial charge in [0.05, 0.1) is 23.4 Å². The molecule has 0 aliphatic carbocycles. The second kappa shape index (κ2) is 11.3. The summed E-state index contributed by atoms with van der Waals surface area (Å²) in [7, 11) is 0. The van der Waals surface area contributed by atoms with E-state index in [0.717, 1.165) is 80.7 Å². The third-order valence-corrected chi connectivity index (χ3v) is 7.58. The van der Waals surface area contributed by atoms with Crippen molar-refractivity contribution in [2.45, 2.75) is 25.4 Å². The Labute approximate surface area is 205 Å². The lowest BCUT2D eigenvalue weighted by Crippen LogP contribution is -2.41. The van der Waals surface area contributed by atoms with Gasteiger partial charge < -0.3 is 15.4 Å². The minimum Gasteiger partial charge on any atom is -0.379 e. The zero-order valence-electron chi connectivity index (χ0n) is 19.5. The molecule has 2 fully saturated rings. The third kappa shape index (κ3) is 6.13. The van der Waals surface area contributed by atoms with Gasteiger partial charge in [-0.2, -0.15) is 0 Å². The summed E-state index contributed by atoms with van der Waals surface area (Å²) in [5.74, 6) is -0.0242. The summed E-state index contributed by atoms with van der Waals surface area (Å²) in [5, 5.41) is 7.63. The molecule has 0 saturated carbocycles. The highest BCUT2D eigenvalue weighted by Gasteiger charge is 2.20. The molecule has 2 N–H and O–H groups in total. The monoisotopic (exact) mass is 479 g/mol. The van der Waals surface area contributed by atoms with Crippen molar-refractivity contribution in [3.05, 3.63) is 59.7 Å². The van der Waals surface area contributed by atoms with Crippen LogP contribution in [0, 0.1) is 0 Å². The number of carbonyl (C=O) groups excluding carboxylic acids is 1. The number of nitrogens with zero attached hydrogens (tertiary/aromatic N) is 3. The summed E-state index contributed by atoms with van der Waals surface area (Å²) < 4.78 is 6.42. The molecule has 5 rings (SSSR count).